The van der Waals surface area contributed by atoms with E-state index in [0.29, 0.717) is 0 Å². The van der Waals surface area contributed by atoms with Crippen molar-refractivity contribution in [3.63, 3.8) is 0 Å². The van der Waals surface area contributed by atoms with E-state index in [0.717, 1.165) is 45.3 Å². The summed E-state index contributed by atoms with van der Waals surface area (Å²) in [7, 11) is 0. The van der Waals surface area contributed by atoms with E-state index in [1.165, 1.54) is 47.8 Å². The van der Waals surface area contributed by atoms with Crippen LogP contribution in [-0.2, 0) is 0 Å². The van der Waals surface area contributed by atoms with Crippen LogP contribution >= 0.6 is 11.3 Å². The fraction of sp³-hybridized carbons (Fsp3) is 0.111. The number of hydrogen-bond acceptors (Lipinski definition) is 6. The van der Waals surface area contributed by atoms with Crippen molar-refractivity contribution in [1.82, 2.24) is 16.0 Å². The van der Waals surface area contributed by atoms with E-state index < -0.39 is 0 Å². The third-order valence-corrected chi connectivity index (χ3v) is 12.0. The Morgan fingerprint density at radius 1 is 0.529 bits per heavy atom. The standard InChI is InChI=1S/C45H33N3O2S/c1-2-11-26(12-3-1)43-46-44(48-45(47-43)34-19-9-17-31-29-13-5-7-22-39(29)51-42(31)34)33-18-8-16-30-35-25-27(23-24-37(35)50-41(30)33)28-15-10-21-38-40(28)32-14-4-6-20-36(32)49-38/h1-14,16-25,28,43-48H,15H2. The molecule has 4 unspecified atom stereocenters. The summed E-state index contributed by atoms with van der Waals surface area (Å²) in [5.41, 5.74) is 8.80. The van der Waals surface area contributed by atoms with Crippen LogP contribution in [0, 0.1) is 0 Å². The van der Waals surface area contributed by atoms with Gasteiger partial charge < -0.3 is 8.83 Å². The zero-order valence-electron chi connectivity index (χ0n) is 27.6. The largest absolute Gasteiger partial charge is 0.456 e. The number of rotatable bonds is 4. The van der Waals surface area contributed by atoms with E-state index in [9.17, 15) is 0 Å². The number of thiophene rings is 1. The molecule has 0 saturated carbocycles. The first-order chi connectivity index (χ1) is 25.3. The lowest BCUT2D eigenvalue weighted by atomic mass is 9.83. The lowest BCUT2D eigenvalue weighted by Gasteiger charge is -2.39. The monoisotopic (exact) mass is 679 g/mol. The maximum Gasteiger partial charge on any atom is 0.141 e. The number of nitrogens with one attached hydrogen (secondary N) is 3. The molecule has 5 nitrogen and oxygen atoms in total. The minimum absolute atomic E-state index is 0.0864. The highest BCUT2D eigenvalue weighted by atomic mass is 32.1. The minimum atomic E-state index is -0.182. The van der Waals surface area contributed by atoms with Crippen LogP contribution in [0.1, 0.15) is 64.4 Å². The van der Waals surface area contributed by atoms with Crippen molar-refractivity contribution >= 4 is 70.5 Å². The summed E-state index contributed by atoms with van der Waals surface area (Å²) in [5, 5.41) is 17.8. The zero-order chi connectivity index (χ0) is 33.5. The SMILES string of the molecule is C1=Cc2oc3ccccc3c2C(c2ccc3oc4c(C5NC(c6ccccc6)NC(c6cccc7c6sc6ccccc67)N5)cccc4c3c2)C1. The summed E-state index contributed by atoms with van der Waals surface area (Å²) >= 11 is 1.86. The molecule has 3 N–H and O–H groups in total. The first-order valence-corrected chi connectivity index (χ1v) is 18.4. The van der Waals surface area contributed by atoms with E-state index in [4.69, 9.17) is 8.83 Å². The van der Waals surface area contributed by atoms with Gasteiger partial charge in [0.2, 0.25) is 0 Å². The van der Waals surface area contributed by atoms with Crippen LogP contribution in [0.25, 0.3) is 59.2 Å². The second-order valence-corrected chi connectivity index (χ2v) is 14.7. The second kappa shape index (κ2) is 11.5. The number of fused-ring (bicyclic) bond motifs is 9. The molecule has 11 rings (SSSR count). The fourth-order valence-electron chi connectivity index (χ4n) is 8.42. The van der Waals surface area contributed by atoms with Gasteiger partial charge in [-0.2, -0.15) is 0 Å². The molecule has 0 bridgehead atoms. The molecule has 9 aromatic rings. The molecular formula is C45H33N3O2S. The molecular weight excluding hydrogens is 647 g/mol. The molecule has 1 aliphatic carbocycles. The van der Waals surface area contributed by atoms with E-state index in [2.05, 4.69) is 155 Å². The summed E-state index contributed by atoms with van der Waals surface area (Å²) in [5.74, 6) is 1.17. The van der Waals surface area contributed by atoms with Crippen molar-refractivity contribution in [3.05, 3.63) is 173 Å². The smallest absolute Gasteiger partial charge is 0.141 e. The average Bonchev–Trinajstić information content (AvgIpc) is 3.89. The highest BCUT2D eigenvalue weighted by Crippen LogP contribution is 2.44. The number of hydrogen-bond donors (Lipinski definition) is 3. The molecule has 0 amide bonds. The van der Waals surface area contributed by atoms with Crippen LogP contribution in [0.2, 0.25) is 0 Å². The zero-order valence-corrected chi connectivity index (χ0v) is 28.4. The van der Waals surface area contributed by atoms with Crippen molar-refractivity contribution < 1.29 is 8.83 Å². The first-order valence-electron chi connectivity index (χ1n) is 17.6. The summed E-state index contributed by atoms with van der Waals surface area (Å²) in [6.07, 6.45) is 4.91. The van der Waals surface area contributed by atoms with Crippen molar-refractivity contribution in [2.24, 2.45) is 0 Å². The Morgan fingerprint density at radius 3 is 2.14 bits per heavy atom. The third kappa shape index (κ3) is 4.65. The molecule has 0 radical (unpaired) electrons. The molecule has 2 aliphatic rings. The molecule has 51 heavy (non-hydrogen) atoms. The van der Waals surface area contributed by atoms with Crippen molar-refractivity contribution in [2.75, 3.05) is 0 Å². The second-order valence-electron chi connectivity index (χ2n) is 13.7. The predicted molar refractivity (Wildman–Crippen MR) is 209 cm³/mol. The van der Waals surface area contributed by atoms with Gasteiger partial charge in [0.25, 0.3) is 0 Å². The van der Waals surface area contributed by atoms with Crippen molar-refractivity contribution in [1.29, 1.82) is 0 Å². The maximum atomic E-state index is 6.77. The quantitative estimate of drug-likeness (QED) is 0.173. The lowest BCUT2D eigenvalue weighted by molar-refractivity contribution is 0.204. The lowest BCUT2D eigenvalue weighted by Crippen LogP contribution is -2.54. The molecule has 246 valence electrons. The Hall–Kier alpha value is -5.50. The van der Waals surface area contributed by atoms with Crippen LogP contribution in [0.4, 0.5) is 0 Å². The van der Waals surface area contributed by atoms with Gasteiger partial charge in [-0.1, -0.05) is 115 Å². The van der Waals surface area contributed by atoms with Gasteiger partial charge in [0, 0.05) is 58.9 Å². The Kier molecular flexibility index (Phi) is 6.61. The number of allylic oxidation sites excluding steroid dienone is 1. The van der Waals surface area contributed by atoms with E-state index in [-0.39, 0.29) is 24.4 Å². The van der Waals surface area contributed by atoms with Gasteiger partial charge in [-0.05, 0) is 47.9 Å². The van der Waals surface area contributed by atoms with Gasteiger partial charge in [-0.25, -0.2) is 0 Å². The van der Waals surface area contributed by atoms with Crippen molar-refractivity contribution in [2.45, 2.75) is 30.8 Å². The Bertz CT molecular complexity index is 2810. The maximum absolute atomic E-state index is 6.77. The van der Waals surface area contributed by atoms with E-state index >= 15 is 0 Å². The van der Waals surface area contributed by atoms with Gasteiger partial charge in [0.15, 0.2) is 0 Å². The summed E-state index contributed by atoms with van der Waals surface area (Å²) in [4.78, 5) is 0. The molecule has 1 saturated heterocycles. The normalized spacial score (nSPS) is 20.5. The molecule has 6 heteroatoms. The summed E-state index contributed by atoms with van der Waals surface area (Å²) < 4.78 is 15.6. The minimum Gasteiger partial charge on any atom is -0.456 e. The number of furan rings is 2. The number of para-hydroxylation sites is 2. The molecule has 1 fully saturated rings. The van der Waals surface area contributed by atoms with Gasteiger partial charge in [0.05, 0.1) is 18.5 Å². The Labute approximate surface area is 298 Å². The summed E-state index contributed by atoms with van der Waals surface area (Å²) in [6, 6.07) is 47.7. The van der Waals surface area contributed by atoms with Crippen molar-refractivity contribution in [3.8, 4) is 0 Å². The van der Waals surface area contributed by atoms with Crippen LogP contribution in [0.15, 0.2) is 148 Å². The topological polar surface area (TPSA) is 62.4 Å². The van der Waals surface area contributed by atoms with E-state index in [1.807, 2.05) is 17.4 Å². The van der Waals surface area contributed by atoms with Gasteiger partial charge in [0.1, 0.15) is 22.5 Å². The average molecular weight is 680 g/mol. The fourth-order valence-corrected chi connectivity index (χ4v) is 9.67. The molecule has 3 aromatic heterocycles. The Balaban J connectivity index is 1.02. The predicted octanol–water partition coefficient (Wildman–Crippen LogP) is 11.4. The molecule has 1 aliphatic heterocycles. The van der Waals surface area contributed by atoms with Gasteiger partial charge in [-0.15, -0.1) is 11.3 Å². The Morgan fingerprint density at radius 2 is 1.24 bits per heavy atom. The molecule has 4 atom stereocenters. The number of benzene rings is 6. The molecule has 0 spiro atoms. The van der Waals surface area contributed by atoms with E-state index in [1.54, 1.807) is 0 Å². The van der Waals surface area contributed by atoms with Crippen LogP contribution in [0.3, 0.4) is 0 Å². The highest BCUT2D eigenvalue weighted by Gasteiger charge is 2.33. The van der Waals surface area contributed by atoms with Gasteiger partial charge >= 0.3 is 0 Å². The highest BCUT2D eigenvalue weighted by molar-refractivity contribution is 7.26. The third-order valence-electron chi connectivity index (χ3n) is 10.8. The van der Waals surface area contributed by atoms with Crippen LogP contribution < -0.4 is 16.0 Å². The van der Waals surface area contributed by atoms with Gasteiger partial charge in [-0.3, -0.25) is 16.0 Å². The van der Waals surface area contributed by atoms with Crippen LogP contribution in [0.5, 0.6) is 0 Å². The first kappa shape index (κ1) is 29.3. The van der Waals surface area contributed by atoms with Crippen LogP contribution in [-0.4, -0.2) is 0 Å². The molecule has 6 aromatic carbocycles. The molecule has 4 heterocycles. The summed E-state index contributed by atoms with van der Waals surface area (Å²) in [6.45, 7) is 0.